The maximum Gasteiger partial charge on any atom is 0.0906 e. The fourth-order valence-corrected chi connectivity index (χ4v) is 2.73. The lowest BCUT2D eigenvalue weighted by atomic mass is 9.81. The molecule has 1 aromatic rings. The average molecular weight is 238 g/mol. The number of hydrogen-bond acceptors (Lipinski definition) is 2. The Kier molecular flexibility index (Phi) is 2.78. The van der Waals surface area contributed by atoms with Crippen molar-refractivity contribution >= 4 is 0 Å². The quantitative estimate of drug-likeness (QED) is 0.810. The highest BCUT2D eigenvalue weighted by Crippen LogP contribution is 2.37. The summed E-state index contributed by atoms with van der Waals surface area (Å²) in [5.41, 5.74) is 5.13. The van der Waals surface area contributed by atoms with Crippen molar-refractivity contribution in [1.29, 1.82) is 0 Å². The van der Waals surface area contributed by atoms with Crippen molar-refractivity contribution in [1.82, 2.24) is 10.3 Å². The van der Waals surface area contributed by atoms with Gasteiger partial charge in [0.25, 0.3) is 0 Å². The van der Waals surface area contributed by atoms with Crippen LogP contribution in [0.4, 0.5) is 0 Å². The Balaban J connectivity index is 2.02. The number of aromatic nitrogens is 1. The molecule has 1 aliphatic carbocycles. The maximum absolute atomic E-state index is 4.57. The second kappa shape index (κ2) is 4.45. The van der Waals surface area contributed by atoms with Gasteiger partial charge in [0.2, 0.25) is 0 Å². The van der Waals surface area contributed by atoms with Gasteiger partial charge in [-0.2, -0.15) is 0 Å². The van der Waals surface area contributed by atoms with Gasteiger partial charge >= 0.3 is 0 Å². The van der Waals surface area contributed by atoms with Crippen LogP contribution in [0.3, 0.4) is 0 Å². The van der Waals surface area contributed by atoms with E-state index in [2.05, 4.69) is 54.5 Å². The summed E-state index contributed by atoms with van der Waals surface area (Å²) in [6.07, 6.45) is 11.8. The molecule has 1 aromatic heterocycles. The first-order chi connectivity index (χ1) is 8.75. The smallest absolute Gasteiger partial charge is 0.0906 e. The first-order valence-electron chi connectivity index (χ1n) is 6.51. The SMILES string of the molecule is Cc1ccc(C2NC=CC3=C2C(C)CC=C3)nc1. The third-order valence-electron chi connectivity index (χ3n) is 3.72. The lowest BCUT2D eigenvalue weighted by Gasteiger charge is -2.31. The molecule has 2 heteroatoms. The Hall–Kier alpha value is -1.83. The standard InChI is InChI=1S/C16H18N2/c1-11-6-7-14(18-10-11)16-15-12(2)4-3-5-13(15)8-9-17-16/h3,5-10,12,16-17H,4H2,1-2H3. The van der Waals surface area contributed by atoms with Crippen molar-refractivity contribution in [2.24, 2.45) is 5.92 Å². The van der Waals surface area contributed by atoms with E-state index in [1.165, 1.54) is 16.7 Å². The van der Waals surface area contributed by atoms with Gasteiger partial charge < -0.3 is 5.32 Å². The Morgan fingerprint density at radius 3 is 2.94 bits per heavy atom. The number of allylic oxidation sites excluding steroid dienone is 4. The lowest BCUT2D eigenvalue weighted by molar-refractivity contribution is 0.553. The van der Waals surface area contributed by atoms with Crippen molar-refractivity contribution in [2.75, 3.05) is 0 Å². The zero-order valence-electron chi connectivity index (χ0n) is 10.9. The van der Waals surface area contributed by atoms with E-state index >= 15 is 0 Å². The van der Waals surface area contributed by atoms with Crippen molar-refractivity contribution in [2.45, 2.75) is 26.3 Å². The van der Waals surface area contributed by atoms with E-state index < -0.39 is 0 Å². The van der Waals surface area contributed by atoms with Crippen LogP contribution in [0.25, 0.3) is 0 Å². The average Bonchev–Trinajstić information content (AvgIpc) is 2.39. The number of aryl methyl sites for hydroxylation is 1. The molecule has 0 saturated heterocycles. The summed E-state index contributed by atoms with van der Waals surface area (Å²) in [6.45, 7) is 4.36. The highest BCUT2D eigenvalue weighted by Gasteiger charge is 2.26. The van der Waals surface area contributed by atoms with Crippen molar-refractivity contribution in [3.05, 3.63) is 65.2 Å². The molecule has 92 valence electrons. The minimum atomic E-state index is 0.227. The first kappa shape index (κ1) is 11.3. The molecule has 1 aliphatic heterocycles. The van der Waals surface area contributed by atoms with Gasteiger partial charge in [-0.15, -0.1) is 0 Å². The third kappa shape index (κ3) is 1.88. The highest BCUT2D eigenvalue weighted by molar-refractivity contribution is 5.46. The van der Waals surface area contributed by atoms with Gasteiger partial charge in [-0.3, -0.25) is 4.98 Å². The predicted molar refractivity (Wildman–Crippen MR) is 73.9 cm³/mol. The monoisotopic (exact) mass is 238 g/mol. The van der Waals surface area contributed by atoms with E-state index in [1.807, 2.05) is 12.4 Å². The normalized spacial score (nSPS) is 25.9. The van der Waals surface area contributed by atoms with Gasteiger partial charge in [-0.05, 0) is 54.3 Å². The number of hydrogen-bond donors (Lipinski definition) is 1. The molecule has 2 heterocycles. The van der Waals surface area contributed by atoms with Crippen LogP contribution in [0, 0.1) is 12.8 Å². The third-order valence-corrected chi connectivity index (χ3v) is 3.72. The number of nitrogens with one attached hydrogen (secondary N) is 1. The molecule has 1 N–H and O–H groups in total. The topological polar surface area (TPSA) is 24.9 Å². The molecule has 2 atom stereocenters. The molecule has 0 radical (unpaired) electrons. The zero-order chi connectivity index (χ0) is 12.5. The summed E-state index contributed by atoms with van der Waals surface area (Å²) in [4.78, 5) is 4.57. The van der Waals surface area contributed by atoms with Crippen LogP contribution < -0.4 is 5.32 Å². The molecule has 0 spiro atoms. The van der Waals surface area contributed by atoms with Crippen LogP contribution in [0.1, 0.15) is 30.6 Å². The fourth-order valence-electron chi connectivity index (χ4n) is 2.73. The van der Waals surface area contributed by atoms with Crippen LogP contribution in [0.2, 0.25) is 0 Å². The summed E-state index contributed by atoms with van der Waals surface area (Å²) in [5.74, 6) is 0.579. The van der Waals surface area contributed by atoms with Crippen LogP contribution in [-0.4, -0.2) is 4.98 Å². The van der Waals surface area contributed by atoms with Gasteiger partial charge in [0.15, 0.2) is 0 Å². The maximum atomic E-state index is 4.57. The van der Waals surface area contributed by atoms with Gasteiger partial charge in [0.05, 0.1) is 11.7 Å². The van der Waals surface area contributed by atoms with E-state index in [0.717, 1.165) is 12.1 Å². The van der Waals surface area contributed by atoms with E-state index in [0.29, 0.717) is 5.92 Å². The van der Waals surface area contributed by atoms with E-state index in [1.54, 1.807) is 0 Å². The van der Waals surface area contributed by atoms with Crippen LogP contribution >= 0.6 is 0 Å². The van der Waals surface area contributed by atoms with E-state index in [9.17, 15) is 0 Å². The number of nitrogens with zero attached hydrogens (tertiary/aromatic N) is 1. The molecule has 2 nitrogen and oxygen atoms in total. The van der Waals surface area contributed by atoms with Crippen molar-refractivity contribution < 1.29 is 0 Å². The summed E-state index contributed by atoms with van der Waals surface area (Å²) < 4.78 is 0. The highest BCUT2D eigenvalue weighted by atomic mass is 14.9. The molecule has 0 bridgehead atoms. The van der Waals surface area contributed by atoms with Gasteiger partial charge in [0.1, 0.15) is 0 Å². The van der Waals surface area contributed by atoms with Crippen LogP contribution in [0.5, 0.6) is 0 Å². The summed E-state index contributed by atoms with van der Waals surface area (Å²) >= 11 is 0. The Morgan fingerprint density at radius 2 is 2.17 bits per heavy atom. The summed E-state index contributed by atoms with van der Waals surface area (Å²) in [5, 5.41) is 3.45. The molecule has 2 aliphatic rings. The second-order valence-corrected chi connectivity index (χ2v) is 5.14. The molecule has 2 unspecified atom stereocenters. The van der Waals surface area contributed by atoms with Crippen LogP contribution in [0.15, 0.2) is 53.9 Å². The Bertz CT molecular complexity index is 531. The molecular weight excluding hydrogens is 220 g/mol. The molecular formula is C16H18N2. The zero-order valence-corrected chi connectivity index (χ0v) is 10.9. The van der Waals surface area contributed by atoms with E-state index in [-0.39, 0.29) is 6.04 Å². The number of dihydropyridines is 1. The molecule has 0 aromatic carbocycles. The van der Waals surface area contributed by atoms with Gasteiger partial charge in [-0.1, -0.05) is 25.1 Å². The fraction of sp³-hybridized carbons (Fsp3) is 0.312. The molecule has 18 heavy (non-hydrogen) atoms. The Labute approximate surface area is 108 Å². The van der Waals surface area contributed by atoms with E-state index in [4.69, 9.17) is 0 Å². The van der Waals surface area contributed by atoms with Crippen molar-refractivity contribution in [3.63, 3.8) is 0 Å². The van der Waals surface area contributed by atoms with Gasteiger partial charge in [-0.25, -0.2) is 0 Å². The summed E-state index contributed by atoms with van der Waals surface area (Å²) in [7, 11) is 0. The minimum Gasteiger partial charge on any atom is -0.379 e. The Morgan fingerprint density at radius 1 is 1.28 bits per heavy atom. The lowest BCUT2D eigenvalue weighted by Crippen LogP contribution is -2.27. The largest absolute Gasteiger partial charge is 0.379 e. The number of rotatable bonds is 1. The number of pyridine rings is 1. The molecule has 0 saturated carbocycles. The summed E-state index contributed by atoms with van der Waals surface area (Å²) in [6, 6.07) is 4.49. The van der Waals surface area contributed by atoms with Gasteiger partial charge in [0, 0.05) is 6.20 Å². The molecule has 0 amide bonds. The van der Waals surface area contributed by atoms with Crippen molar-refractivity contribution in [3.8, 4) is 0 Å². The molecule has 0 fully saturated rings. The first-order valence-corrected chi connectivity index (χ1v) is 6.51. The predicted octanol–water partition coefficient (Wildman–Crippen LogP) is 3.44. The second-order valence-electron chi connectivity index (χ2n) is 5.14. The minimum absolute atomic E-state index is 0.227. The molecule has 3 rings (SSSR count). The van der Waals surface area contributed by atoms with Crippen LogP contribution in [-0.2, 0) is 0 Å².